The lowest BCUT2D eigenvalue weighted by Crippen LogP contribution is -2.21. The number of anilines is 1. The minimum Gasteiger partial charge on any atom is -0.478 e. The quantitative estimate of drug-likeness (QED) is 0.532. The van der Waals surface area contributed by atoms with Gasteiger partial charge in [-0.3, -0.25) is 9.78 Å². The molecule has 1 heterocycles. The van der Waals surface area contributed by atoms with E-state index in [9.17, 15) is 4.79 Å². The lowest BCUT2D eigenvalue weighted by atomic mass is 10.2. The van der Waals surface area contributed by atoms with Gasteiger partial charge in [0.15, 0.2) is 0 Å². The number of carbonyl (C=O) groups excluding carboxylic acids is 1. The standard InChI is InChI=1S/C16H18N4O2/c1-20(2)13-9-7-12(8-10-13)15(21)18-19-16(22-3)14-6-4-5-11-17-14/h4-11H,1-3H3,(H,18,21)/b19-16-. The van der Waals surface area contributed by atoms with Crippen LogP contribution in [0.4, 0.5) is 5.69 Å². The number of amides is 1. The number of ether oxygens (including phenoxy) is 1. The molecule has 1 amide bonds. The maximum atomic E-state index is 12.1. The van der Waals surface area contributed by atoms with Gasteiger partial charge in [0.05, 0.1) is 7.11 Å². The highest BCUT2D eigenvalue weighted by molar-refractivity contribution is 5.97. The summed E-state index contributed by atoms with van der Waals surface area (Å²) < 4.78 is 5.14. The molecule has 0 saturated heterocycles. The Morgan fingerprint density at radius 3 is 2.45 bits per heavy atom. The molecule has 0 fully saturated rings. The van der Waals surface area contributed by atoms with Crippen LogP contribution < -0.4 is 10.3 Å². The molecule has 2 aromatic rings. The molecule has 0 atom stereocenters. The lowest BCUT2D eigenvalue weighted by Gasteiger charge is -2.12. The third kappa shape index (κ3) is 3.82. The van der Waals surface area contributed by atoms with E-state index in [1.807, 2.05) is 37.2 Å². The minimum atomic E-state index is -0.309. The molecule has 0 aliphatic carbocycles. The first-order valence-corrected chi connectivity index (χ1v) is 6.72. The Morgan fingerprint density at radius 2 is 1.91 bits per heavy atom. The van der Waals surface area contributed by atoms with E-state index in [4.69, 9.17) is 4.74 Å². The third-order valence-corrected chi connectivity index (χ3v) is 2.98. The van der Waals surface area contributed by atoms with E-state index < -0.39 is 0 Å². The molecule has 1 aromatic carbocycles. The largest absolute Gasteiger partial charge is 0.478 e. The highest BCUT2D eigenvalue weighted by atomic mass is 16.5. The highest BCUT2D eigenvalue weighted by Gasteiger charge is 2.08. The average Bonchev–Trinajstić information content (AvgIpc) is 2.56. The number of hydrazone groups is 1. The van der Waals surface area contributed by atoms with Gasteiger partial charge in [-0.2, -0.15) is 0 Å². The van der Waals surface area contributed by atoms with Gasteiger partial charge in [-0.25, -0.2) is 5.43 Å². The number of benzene rings is 1. The summed E-state index contributed by atoms with van der Waals surface area (Å²) >= 11 is 0. The van der Waals surface area contributed by atoms with Gasteiger partial charge in [0, 0.05) is 31.5 Å². The fourth-order valence-electron chi connectivity index (χ4n) is 1.77. The van der Waals surface area contributed by atoms with E-state index in [0.717, 1.165) is 5.69 Å². The molecule has 0 saturated carbocycles. The average molecular weight is 298 g/mol. The summed E-state index contributed by atoms with van der Waals surface area (Å²) in [5.74, 6) is -0.0605. The third-order valence-electron chi connectivity index (χ3n) is 2.98. The summed E-state index contributed by atoms with van der Waals surface area (Å²) in [6.45, 7) is 0. The molecule has 6 nitrogen and oxygen atoms in total. The Kier molecular flexibility index (Phi) is 5.08. The Labute approximate surface area is 129 Å². The second kappa shape index (κ2) is 7.21. The van der Waals surface area contributed by atoms with Gasteiger partial charge in [0.25, 0.3) is 11.8 Å². The molecular weight excluding hydrogens is 280 g/mol. The van der Waals surface area contributed by atoms with Crippen LogP contribution in [0.2, 0.25) is 0 Å². The molecule has 1 N–H and O–H groups in total. The van der Waals surface area contributed by atoms with E-state index in [0.29, 0.717) is 11.3 Å². The van der Waals surface area contributed by atoms with Crippen LogP contribution in [0.1, 0.15) is 16.1 Å². The van der Waals surface area contributed by atoms with Crippen molar-refractivity contribution >= 4 is 17.5 Å². The molecule has 0 aliphatic heterocycles. The zero-order valence-corrected chi connectivity index (χ0v) is 12.8. The summed E-state index contributed by atoms with van der Waals surface area (Å²) in [5, 5.41) is 3.97. The van der Waals surface area contributed by atoms with Crippen molar-refractivity contribution in [2.24, 2.45) is 5.10 Å². The number of hydrogen-bond donors (Lipinski definition) is 1. The summed E-state index contributed by atoms with van der Waals surface area (Å²) in [5.41, 5.74) is 4.56. The maximum Gasteiger partial charge on any atom is 0.271 e. The monoisotopic (exact) mass is 298 g/mol. The van der Waals surface area contributed by atoms with Gasteiger partial charge in [-0.1, -0.05) is 6.07 Å². The van der Waals surface area contributed by atoms with Gasteiger partial charge in [0.1, 0.15) is 5.69 Å². The van der Waals surface area contributed by atoms with Crippen LogP contribution in [0.5, 0.6) is 0 Å². The molecule has 0 radical (unpaired) electrons. The Bertz CT molecular complexity index is 652. The second-order valence-corrected chi connectivity index (χ2v) is 4.72. The van der Waals surface area contributed by atoms with Crippen LogP contribution in [-0.2, 0) is 4.74 Å². The number of nitrogens with zero attached hydrogens (tertiary/aromatic N) is 3. The predicted octanol–water partition coefficient (Wildman–Crippen LogP) is 1.89. The number of hydrogen-bond acceptors (Lipinski definition) is 5. The number of methoxy groups -OCH3 is 1. The molecule has 0 bridgehead atoms. The molecule has 0 aliphatic rings. The van der Waals surface area contributed by atoms with Crippen molar-refractivity contribution in [3.05, 3.63) is 59.9 Å². The number of pyridine rings is 1. The van der Waals surface area contributed by atoms with Crippen molar-refractivity contribution in [2.75, 3.05) is 26.1 Å². The van der Waals surface area contributed by atoms with E-state index >= 15 is 0 Å². The zero-order chi connectivity index (χ0) is 15.9. The SMILES string of the molecule is CO/C(=N\NC(=O)c1ccc(N(C)C)cc1)c1ccccn1. The van der Waals surface area contributed by atoms with Crippen LogP contribution in [0.25, 0.3) is 0 Å². The van der Waals surface area contributed by atoms with E-state index in [1.165, 1.54) is 7.11 Å². The van der Waals surface area contributed by atoms with Gasteiger partial charge in [-0.15, -0.1) is 5.10 Å². The number of carbonyl (C=O) groups is 1. The van der Waals surface area contributed by atoms with Crippen molar-refractivity contribution in [1.82, 2.24) is 10.4 Å². The highest BCUT2D eigenvalue weighted by Crippen LogP contribution is 2.12. The van der Waals surface area contributed by atoms with Crippen molar-refractivity contribution in [1.29, 1.82) is 0 Å². The molecule has 6 heteroatoms. The smallest absolute Gasteiger partial charge is 0.271 e. The van der Waals surface area contributed by atoms with E-state index in [2.05, 4.69) is 15.5 Å². The molecule has 22 heavy (non-hydrogen) atoms. The summed E-state index contributed by atoms with van der Waals surface area (Å²) in [4.78, 5) is 18.2. The van der Waals surface area contributed by atoms with E-state index in [1.54, 1.807) is 30.5 Å². The molecule has 2 rings (SSSR count). The number of aromatic nitrogens is 1. The van der Waals surface area contributed by atoms with Crippen LogP contribution in [-0.4, -0.2) is 38.0 Å². The molecule has 1 aromatic heterocycles. The summed E-state index contributed by atoms with van der Waals surface area (Å²) in [7, 11) is 5.36. The first-order valence-electron chi connectivity index (χ1n) is 6.72. The van der Waals surface area contributed by atoms with Crippen LogP contribution in [0.15, 0.2) is 53.8 Å². The van der Waals surface area contributed by atoms with Gasteiger partial charge in [-0.05, 0) is 36.4 Å². The second-order valence-electron chi connectivity index (χ2n) is 4.72. The van der Waals surface area contributed by atoms with Crippen LogP contribution in [0.3, 0.4) is 0 Å². The normalized spacial score (nSPS) is 11.0. The lowest BCUT2D eigenvalue weighted by molar-refractivity contribution is 0.0953. The summed E-state index contributed by atoms with van der Waals surface area (Å²) in [6, 6.07) is 12.6. The van der Waals surface area contributed by atoms with E-state index in [-0.39, 0.29) is 11.8 Å². The minimum absolute atomic E-state index is 0.249. The fourth-order valence-corrected chi connectivity index (χ4v) is 1.77. The van der Waals surface area contributed by atoms with Crippen LogP contribution in [0, 0.1) is 0 Å². The van der Waals surface area contributed by atoms with Crippen molar-refractivity contribution in [3.63, 3.8) is 0 Å². The molecule has 0 spiro atoms. The molecule has 114 valence electrons. The summed E-state index contributed by atoms with van der Waals surface area (Å²) in [6.07, 6.45) is 1.63. The first kappa shape index (κ1) is 15.5. The van der Waals surface area contributed by atoms with Crippen molar-refractivity contribution in [3.8, 4) is 0 Å². The molecule has 0 unspecified atom stereocenters. The van der Waals surface area contributed by atoms with Crippen molar-refractivity contribution in [2.45, 2.75) is 0 Å². The zero-order valence-electron chi connectivity index (χ0n) is 12.8. The van der Waals surface area contributed by atoms with Crippen LogP contribution >= 0.6 is 0 Å². The van der Waals surface area contributed by atoms with Crippen molar-refractivity contribution < 1.29 is 9.53 Å². The van der Waals surface area contributed by atoms with Gasteiger partial charge < -0.3 is 9.64 Å². The molecular formula is C16H18N4O2. The topological polar surface area (TPSA) is 66.8 Å². The Balaban J connectivity index is 2.09. The first-order chi connectivity index (χ1) is 10.6. The van der Waals surface area contributed by atoms with Gasteiger partial charge >= 0.3 is 0 Å². The van der Waals surface area contributed by atoms with Gasteiger partial charge in [0.2, 0.25) is 0 Å². The fraction of sp³-hybridized carbons (Fsp3) is 0.188. The Morgan fingerprint density at radius 1 is 1.18 bits per heavy atom. The maximum absolute atomic E-state index is 12.1. The predicted molar refractivity (Wildman–Crippen MR) is 86.0 cm³/mol. The Hall–Kier alpha value is -2.89. The number of rotatable bonds is 4. The number of nitrogens with one attached hydrogen (secondary N) is 1.